The van der Waals surface area contributed by atoms with Crippen LogP contribution in [0.3, 0.4) is 0 Å². The fourth-order valence-electron chi connectivity index (χ4n) is 3.48. The Labute approximate surface area is 130 Å². The van der Waals surface area contributed by atoms with Gasteiger partial charge in [0.2, 0.25) is 0 Å². The second kappa shape index (κ2) is 6.07. The molecule has 21 heavy (non-hydrogen) atoms. The maximum atomic E-state index is 12.4. The van der Waals surface area contributed by atoms with Gasteiger partial charge in [0, 0.05) is 31.1 Å². The average Bonchev–Trinajstić information content (AvgIpc) is 3.02. The van der Waals surface area contributed by atoms with E-state index >= 15 is 0 Å². The van der Waals surface area contributed by atoms with Crippen molar-refractivity contribution in [1.29, 1.82) is 0 Å². The molecule has 1 aromatic rings. The van der Waals surface area contributed by atoms with Crippen molar-refractivity contribution in [1.82, 2.24) is 9.80 Å². The lowest BCUT2D eigenvalue weighted by Crippen LogP contribution is -2.53. The van der Waals surface area contributed by atoms with E-state index in [-0.39, 0.29) is 11.5 Å². The normalized spacial score (nSPS) is 25.5. The summed E-state index contributed by atoms with van der Waals surface area (Å²) in [5, 5.41) is 3.90. The van der Waals surface area contributed by atoms with E-state index in [0.29, 0.717) is 6.04 Å². The van der Waals surface area contributed by atoms with Crippen LogP contribution in [0.4, 0.5) is 0 Å². The summed E-state index contributed by atoms with van der Waals surface area (Å²) in [6, 6.07) is 2.52. The molecule has 1 atom stereocenters. The van der Waals surface area contributed by atoms with Crippen LogP contribution in [0.25, 0.3) is 0 Å². The van der Waals surface area contributed by atoms with Gasteiger partial charge in [0.05, 0.1) is 11.2 Å². The van der Waals surface area contributed by atoms with Crippen molar-refractivity contribution < 1.29 is 9.53 Å². The second-order valence-electron chi connectivity index (χ2n) is 6.45. The molecule has 2 saturated heterocycles. The first-order chi connectivity index (χ1) is 10.1. The number of ether oxygens (including phenoxy) is 1. The number of nitrogens with zero attached hydrogens (tertiary/aromatic N) is 2. The van der Waals surface area contributed by atoms with Crippen molar-refractivity contribution in [3.63, 3.8) is 0 Å². The number of thiophene rings is 1. The summed E-state index contributed by atoms with van der Waals surface area (Å²) in [6.45, 7) is 2.48. The molecule has 0 bridgehead atoms. The number of carbonyl (C=O) groups excluding carboxylic acids is 1. The monoisotopic (exact) mass is 308 g/mol. The molecule has 0 radical (unpaired) electrons. The number of amides is 1. The maximum Gasteiger partial charge on any atom is 0.254 e. The minimum absolute atomic E-state index is 0.00138. The highest BCUT2D eigenvalue weighted by molar-refractivity contribution is 7.08. The largest absolute Gasteiger partial charge is 0.375 e. The highest BCUT2D eigenvalue weighted by atomic mass is 32.1. The van der Waals surface area contributed by atoms with Gasteiger partial charge in [-0.15, -0.1) is 0 Å². The Morgan fingerprint density at radius 1 is 1.43 bits per heavy atom. The van der Waals surface area contributed by atoms with Gasteiger partial charge in [0.25, 0.3) is 5.91 Å². The van der Waals surface area contributed by atoms with Gasteiger partial charge >= 0.3 is 0 Å². The van der Waals surface area contributed by atoms with Gasteiger partial charge in [-0.25, -0.2) is 0 Å². The van der Waals surface area contributed by atoms with Crippen LogP contribution >= 0.6 is 11.3 Å². The van der Waals surface area contributed by atoms with E-state index < -0.39 is 0 Å². The van der Waals surface area contributed by atoms with Crippen molar-refractivity contribution in [3.8, 4) is 0 Å². The van der Waals surface area contributed by atoms with Crippen LogP contribution in [-0.4, -0.2) is 61.1 Å². The highest BCUT2D eigenvalue weighted by Crippen LogP contribution is 2.36. The number of likely N-dealkylation sites (tertiary alicyclic amines) is 1. The predicted octanol–water partition coefficient (Wildman–Crippen LogP) is 2.46. The summed E-state index contributed by atoms with van der Waals surface area (Å²) < 4.78 is 6.14. The van der Waals surface area contributed by atoms with Crippen LogP contribution in [0.5, 0.6) is 0 Å². The molecule has 2 aliphatic heterocycles. The molecule has 2 fully saturated rings. The summed E-state index contributed by atoms with van der Waals surface area (Å²) in [6.07, 6.45) is 4.15. The molecule has 3 heterocycles. The summed E-state index contributed by atoms with van der Waals surface area (Å²) in [7, 11) is 4.30. The Balaban J connectivity index is 1.61. The van der Waals surface area contributed by atoms with Gasteiger partial charge in [-0.05, 0) is 51.2 Å². The van der Waals surface area contributed by atoms with Gasteiger partial charge in [-0.2, -0.15) is 11.3 Å². The van der Waals surface area contributed by atoms with Crippen molar-refractivity contribution in [2.75, 3.05) is 33.8 Å². The minimum atomic E-state index is -0.00138. The molecule has 1 spiro atoms. The van der Waals surface area contributed by atoms with E-state index in [9.17, 15) is 4.79 Å². The second-order valence-corrected chi connectivity index (χ2v) is 7.23. The highest BCUT2D eigenvalue weighted by Gasteiger charge is 2.41. The fraction of sp³-hybridized carbons (Fsp3) is 0.688. The molecule has 1 amide bonds. The third-order valence-corrected chi connectivity index (χ3v) is 5.61. The molecule has 0 aromatic carbocycles. The summed E-state index contributed by atoms with van der Waals surface area (Å²) >= 11 is 1.58. The molecule has 1 aromatic heterocycles. The van der Waals surface area contributed by atoms with Crippen molar-refractivity contribution in [2.24, 2.45) is 0 Å². The number of hydrogen-bond donors (Lipinski definition) is 0. The van der Waals surface area contributed by atoms with Crippen LogP contribution in [0.1, 0.15) is 36.0 Å². The fourth-order valence-corrected chi connectivity index (χ4v) is 4.11. The van der Waals surface area contributed by atoms with E-state index in [1.807, 2.05) is 21.7 Å². The first kappa shape index (κ1) is 15.0. The Hall–Kier alpha value is -0.910. The standard InChI is InChI=1S/C16H24N2O2S/c1-17(2)14-3-9-20-16(11-14)5-7-18(8-6-16)15(19)13-4-10-21-12-13/h4,10,12,14H,3,5-9,11H2,1-2H3. The third-order valence-electron chi connectivity index (χ3n) is 4.93. The zero-order valence-corrected chi connectivity index (χ0v) is 13.7. The number of carbonyl (C=O) groups is 1. The zero-order valence-electron chi connectivity index (χ0n) is 12.9. The van der Waals surface area contributed by atoms with E-state index in [4.69, 9.17) is 4.74 Å². The maximum absolute atomic E-state index is 12.4. The topological polar surface area (TPSA) is 32.8 Å². The number of rotatable bonds is 2. The first-order valence-corrected chi connectivity index (χ1v) is 8.66. The number of hydrogen-bond acceptors (Lipinski definition) is 4. The van der Waals surface area contributed by atoms with Crippen LogP contribution in [0.2, 0.25) is 0 Å². The Bertz CT molecular complexity index is 478. The zero-order chi connectivity index (χ0) is 14.9. The van der Waals surface area contributed by atoms with Crippen LogP contribution in [0.15, 0.2) is 16.8 Å². The average molecular weight is 308 g/mol. The van der Waals surface area contributed by atoms with Crippen molar-refractivity contribution in [2.45, 2.75) is 37.3 Å². The molecule has 0 N–H and O–H groups in total. The molecule has 2 aliphatic rings. The van der Waals surface area contributed by atoms with E-state index in [1.165, 1.54) is 0 Å². The quantitative estimate of drug-likeness (QED) is 0.841. The molecular weight excluding hydrogens is 284 g/mol. The number of piperidine rings is 1. The molecule has 3 rings (SSSR count). The van der Waals surface area contributed by atoms with Crippen LogP contribution < -0.4 is 0 Å². The molecule has 5 heteroatoms. The van der Waals surface area contributed by atoms with Crippen molar-refractivity contribution in [3.05, 3.63) is 22.4 Å². The SMILES string of the molecule is CN(C)C1CCOC2(CCN(C(=O)c3ccsc3)CC2)C1. The van der Waals surface area contributed by atoms with Gasteiger partial charge < -0.3 is 14.5 Å². The molecule has 4 nitrogen and oxygen atoms in total. The van der Waals surface area contributed by atoms with E-state index in [1.54, 1.807) is 11.3 Å². The molecule has 0 saturated carbocycles. The van der Waals surface area contributed by atoms with Gasteiger partial charge in [-0.3, -0.25) is 4.79 Å². The van der Waals surface area contributed by atoms with E-state index in [2.05, 4.69) is 19.0 Å². The van der Waals surface area contributed by atoms with Gasteiger partial charge in [0.15, 0.2) is 0 Å². The van der Waals surface area contributed by atoms with Crippen molar-refractivity contribution >= 4 is 17.2 Å². The Kier molecular flexibility index (Phi) is 4.33. The summed E-state index contributed by atoms with van der Waals surface area (Å²) in [5.41, 5.74) is 0.824. The summed E-state index contributed by atoms with van der Waals surface area (Å²) in [4.78, 5) is 16.7. The van der Waals surface area contributed by atoms with Crippen LogP contribution in [0, 0.1) is 0 Å². The third kappa shape index (κ3) is 3.15. The lowest BCUT2D eigenvalue weighted by Gasteiger charge is -2.47. The first-order valence-electron chi connectivity index (χ1n) is 7.71. The van der Waals surface area contributed by atoms with Crippen LogP contribution in [-0.2, 0) is 4.74 Å². The predicted molar refractivity (Wildman–Crippen MR) is 84.8 cm³/mol. The smallest absolute Gasteiger partial charge is 0.254 e. The molecule has 0 aliphatic carbocycles. The molecule has 116 valence electrons. The van der Waals surface area contributed by atoms with Gasteiger partial charge in [-0.1, -0.05) is 0 Å². The lowest BCUT2D eigenvalue weighted by molar-refractivity contribution is -0.125. The van der Waals surface area contributed by atoms with E-state index in [0.717, 1.165) is 50.9 Å². The van der Waals surface area contributed by atoms with Gasteiger partial charge in [0.1, 0.15) is 0 Å². The Morgan fingerprint density at radius 2 is 2.19 bits per heavy atom. The summed E-state index contributed by atoms with van der Waals surface area (Å²) in [5.74, 6) is 0.172. The Morgan fingerprint density at radius 3 is 2.81 bits per heavy atom. The molecular formula is C16H24N2O2S. The lowest BCUT2D eigenvalue weighted by atomic mass is 9.82. The molecule has 1 unspecified atom stereocenters. The minimum Gasteiger partial charge on any atom is -0.375 e.